The number of nitrogens with two attached hydrogens (primary N) is 1. The quantitative estimate of drug-likeness (QED) is 0.710. The number of aromatic nitrogens is 1. The number of phenols is 1. The van der Waals surface area contributed by atoms with E-state index in [-0.39, 0.29) is 11.7 Å². The van der Waals surface area contributed by atoms with Gasteiger partial charge in [-0.15, -0.1) is 11.3 Å². The van der Waals surface area contributed by atoms with Crippen LogP contribution < -0.4 is 10.5 Å². The molecule has 0 saturated carbocycles. The maximum absolute atomic E-state index is 12.6. The smallest absolute Gasteiger partial charge is 0.242 e. The molecule has 0 aliphatic carbocycles. The number of benzene rings is 2. The fourth-order valence-electron chi connectivity index (χ4n) is 3.20. The van der Waals surface area contributed by atoms with Crippen LogP contribution in [0.25, 0.3) is 20.8 Å². The summed E-state index contributed by atoms with van der Waals surface area (Å²) >= 11 is 1.56. The summed E-state index contributed by atoms with van der Waals surface area (Å²) in [6.07, 6.45) is 0. The van der Waals surface area contributed by atoms with Gasteiger partial charge in [-0.05, 0) is 38.1 Å². The number of nitrogens with zero attached hydrogens (tertiary/aromatic N) is 2. The van der Waals surface area contributed by atoms with Crippen LogP contribution in [0.15, 0.2) is 36.4 Å². The Morgan fingerprint density at radius 1 is 1.33 bits per heavy atom. The molecular formula is C20H21N3O3S. The Kier molecular flexibility index (Phi) is 4.28. The minimum Gasteiger partial charge on any atom is -0.504 e. The number of phenolic OH excluding ortho intramolecular Hbond substituents is 1. The Balaban J connectivity index is 1.74. The SMILES string of the molecule is CC(C)(N)C(=O)N1CCOc2c(O)cc(-c3nc4ccccc4s3)cc2C1. The summed E-state index contributed by atoms with van der Waals surface area (Å²) in [5.41, 5.74) is 7.50. The number of hydrogen-bond acceptors (Lipinski definition) is 6. The summed E-state index contributed by atoms with van der Waals surface area (Å²) in [6, 6.07) is 11.5. The van der Waals surface area contributed by atoms with Crippen LogP contribution in [0.4, 0.5) is 0 Å². The molecule has 0 atom stereocenters. The van der Waals surface area contributed by atoms with Crippen LogP contribution in [0.5, 0.6) is 11.5 Å². The molecule has 1 amide bonds. The average Bonchev–Trinajstić information content (AvgIpc) is 2.93. The summed E-state index contributed by atoms with van der Waals surface area (Å²) < 4.78 is 6.80. The lowest BCUT2D eigenvalue weighted by Crippen LogP contribution is -2.51. The third-order valence-corrected chi connectivity index (χ3v) is 5.58. The number of amides is 1. The molecule has 1 aliphatic rings. The van der Waals surface area contributed by atoms with E-state index < -0.39 is 5.54 Å². The third-order valence-electron chi connectivity index (χ3n) is 4.49. The number of fused-ring (bicyclic) bond motifs is 2. The molecule has 4 rings (SSSR count). The number of rotatable bonds is 2. The molecular weight excluding hydrogens is 362 g/mol. The van der Waals surface area contributed by atoms with E-state index >= 15 is 0 Å². The molecule has 7 heteroatoms. The van der Waals surface area contributed by atoms with Crippen molar-refractivity contribution >= 4 is 27.5 Å². The molecule has 0 bridgehead atoms. The van der Waals surface area contributed by atoms with Gasteiger partial charge < -0.3 is 20.5 Å². The van der Waals surface area contributed by atoms with E-state index in [2.05, 4.69) is 4.98 Å². The molecule has 27 heavy (non-hydrogen) atoms. The fourth-order valence-corrected chi connectivity index (χ4v) is 4.15. The van der Waals surface area contributed by atoms with Gasteiger partial charge in [-0.2, -0.15) is 0 Å². The number of hydrogen-bond donors (Lipinski definition) is 2. The lowest BCUT2D eigenvalue weighted by molar-refractivity contribution is -0.136. The lowest BCUT2D eigenvalue weighted by Gasteiger charge is -2.27. The molecule has 140 valence electrons. The second-order valence-electron chi connectivity index (χ2n) is 7.27. The van der Waals surface area contributed by atoms with Crippen LogP contribution in [0.3, 0.4) is 0 Å². The van der Waals surface area contributed by atoms with E-state index in [4.69, 9.17) is 10.5 Å². The summed E-state index contributed by atoms with van der Waals surface area (Å²) in [6.45, 7) is 4.45. The maximum Gasteiger partial charge on any atom is 0.242 e. The zero-order chi connectivity index (χ0) is 19.2. The van der Waals surface area contributed by atoms with Crippen LogP contribution in [0, 0.1) is 0 Å². The molecule has 2 heterocycles. The van der Waals surface area contributed by atoms with Crippen molar-refractivity contribution in [1.82, 2.24) is 9.88 Å². The minimum absolute atomic E-state index is 0.0584. The van der Waals surface area contributed by atoms with Gasteiger partial charge >= 0.3 is 0 Å². The van der Waals surface area contributed by atoms with E-state index in [1.54, 1.807) is 36.2 Å². The molecule has 1 aromatic heterocycles. The summed E-state index contributed by atoms with van der Waals surface area (Å²) in [7, 11) is 0. The number of para-hydroxylation sites is 1. The second-order valence-corrected chi connectivity index (χ2v) is 8.30. The highest BCUT2D eigenvalue weighted by Gasteiger charge is 2.30. The van der Waals surface area contributed by atoms with Gasteiger partial charge in [0.1, 0.15) is 11.6 Å². The summed E-state index contributed by atoms with van der Waals surface area (Å²) in [5, 5.41) is 11.3. The molecule has 0 fully saturated rings. The highest BCUT2D eigenvalue weighted by molar-refractivity contribution is 7.21. The van der Waals surface area contributed by atoms with Crippen LogP contribution in [0.2, 0.25) is 0 Å². The van der Waals surface area contributed by atoms with E-state index in [1.165, 1.54) is 0 Å². The first kappa shape index (κ1) is 17.8. The fraction of sp³-hybridized carbons (Fsp3) is 0.300. The molecule has 0 unspecified atom stereocenters. The van der Waals surface area contributed by atoms with Crippen molar-refractivity contribution in [2.24, 2.45) is 5.73 Å². The molecule has 2 aromatic carbocycles. The van der Waals surface area contributed by atoms with Crippen molar-refractivity contribution in [1.29, 1.82) is 0 Å². The van der Waals surface area contributed by atoms with Crippen LogP contribution in [0.1, 0.15) is 19.4 Å². The minimum atomic E-state index is -0.961. The standard InChI is InChI=1S/C20H21N3O3S/c1-20(2,21)19(25)23-7-8-26-17-13(11-23)9-12(10-15(17)24)18-22-14-5-3-4-6-16(14)27-18/h3-6,9-10,24H,7-8,11,21H2,1-2H3. The first-order chi connectivity index (χ1) is 12.8. The first-order valence-electron chi connectivity index (χ1n) is 8.76. The number of thiazole rings is 1. The van der Waals surface area contributed by atoms with E-state index in [9.17, 15) is 9.90 Å². The summed E-state index contributed by atoms with van der Waals surface area (Å²) in [5.74, 6) is 0.330. The predicted molar refractivity (Wildman–Crippen MR) is 106 cm³/mol. The van der Waals surface area contributed by atoms with Crippen molar-refractivity contribution in [2.75, 3.05) is 13.2 Å². The number of carbonyl (C=O) groups is 1. The molecule has 0 spiro atoms. The van der Waals surface area contributed by atoms with Gasteiger partial charge in [-0.3, -0.25) is 4.79 Å². The van der Waals surface area contributed by atoms with Crippen molar-refractivity contribution in [2.45, 2.75) is 25.9 Å². The second kappa shape index (κ2) is 6.51. The molecule has 3 N–H and O–H groups in total. The Hall–Kier alpha value is -2.64. The van der Waals surface area contributed by atoms with Gasteiger partial charge in [-0.1, -0.05) is 12.1 Å². The monoisotopic (exact) mass is 383 g/mol. The zero-order valence-corrected chi connectivity index (χ0v) is 16.0. The average molecular weight is 383 g/mol. The van der Waals surface area contributed by atoms with Gasteiger partial charge in [0.05, 0.1) is 22.3 Å². The van der Waals surface area contributed by atoms with Crippen LogP contribution in [-0.4, -0.2) is 39.6 Å². The van der Waals surface area contributed by atoms with Gasteiger partial charge in [0.25, 0.3) is 0 Å². The summed E-state index contributed by atoms with van der Waals surface area (Å²) in [4.78, 5) is 18.9. The third kappa shape index (κ3) is 3.36. The predicted octanol–water partition coefficient (Wildman–Crippen LogP) is 3.13. The van der Waals surface area contributed by atoms with E-state index in [1.807, 2.05) is 30.3 Å². The molecule has 0 saturated heterocycles. The van der Waals surface area contributed by atoms with Crippen molar-refractivity contribution in [3.8, 4) is 22.1 Å². The van der Waals surface area contributed by atoms with Crippen LogP contribution >= 0.6 is 11.3 Å². The van der Waals surface area contributed by atoms with Gasteiger partial charge in [0.15, 0.2) is 11.5 Å². The normalized spacial score (nSPS) is 14.6. The van der Waals surface area contributed by atoms with Crippen molar-refractivity contribution < 1.29 is 14.6 Å². The Morgan fingerprint density at radius 3 is 2.85 bits per heavy atom. The highest BCUT2D eigenvalue weighted by atomic mass is 32.1. The Bertz CT molecular complexity index is 990. The van der Waals surface area contributed by atoms with Crippen molar-refractivity contribution in [3.63, 3.8) is 0 Å². The molecule has 6 nitrogen and oxygen atoms in total. The van der Waals surface area contributed by atoms with Gasteiger partial charge in [0.2, 0.25) is 5.91 Å². The topological polar surface area (TPSA) is 88.7 Å². The Labute approximate surface area is 161 Å². The lowest BCUT2D eigenvalue weighted by atomic mass is 10.0. The highest BCUT2D eigenvalue weighted by Crippen LogP contribution is 2.39. The zero-order valence-electron chi connectivity index (χ0n) is 15.2. The Morgan fingerprint density at radius 2 is 2.11 bits per heavy atom. The number of carbonyl (C=O) groups excluding carboxylic acids is 1. The molecule has 0 radical (unpaired) electrons. The number of ether oxygens (including phenoxy) is 1. The van der Waals surface area contributed by atoms with E-state index in [0.29, 0.717) is 25.4 Å². The molecule has 1 aliphatic heterocycles. The van der Waals surface area contributed by atoms with Gasteiger partial charge in [0, 0.05) is 17.7 Å². The van der Waals surface area contributed by atoms with Gasteiger partial charge in [-0.25, -0.2) is 4.98 Å². The largest absolute Gasteiger partial charge is 0.504 e. The van der Waals surface area contributed by atoms with Crippen molar-refractivity contribution in [3.05, 3.63) is 42.0 Å². The first-order valence-corrected chi connectivity index (χ1v) is 9.57. The maximum atomic E-state index is 12.6. The molecule has 3 aromatic rings. The number of aromatic hydroxyl groups is 1. The van der Waals surface area contributed by atoms with E-state index in [0.717, 1.165) is 26.4 Å². The van der Waals surface area contributed by atoms with Crippen LogP contribution in [-0.2, 0) is 11.3 Å².